The molecule has 1 amide bonds. The summed E-state index contributed by atoms with van der Waals surface area (Å²) in [6.45, 7) is 0.925. The molecular formula is C17H15ClN2O2S2. The van der Waals surface area contributed by atoms with E-state index in [1.807, 2.05) is 48.5 Å². The number of halogens is 1. The van der Waals surface area contributed by atoms with Crippen molar-refractivity contribution in [3.8, 4) is 0 Å². The Kier molecular flexibility index (Phi) is 5.73. The van der Waals surface area contributed by atoms with E-state index >= 15 is 0 Å². The topological polar surface area (TPSA) is 41.9 Å². The zero-order chi connectivity index (χ0) is 16.9. The molecular weight excluding hydrogens is 364 g/mol. The molecule has 0 saturated carbocycles. The number of para-hydroxylation sites is 1. The molecule has 24 heavy (non-hydrogen) atoms. The number of thioether (sulfide) groups is 1. The molecule has 1 aliphatic heterocycles. The number of hydrogen-bond acceptors (Lipinski definition) is 5. The second kappa shape index (κ2) is 7.98. The number of ether oxygens (including phenoxy) is 1. The molecule has 1 fully saturated rings. The second-order valence-electron chi connectivity index (χ2n) is 4.93. The van der Waals surface area contributed by atoms with Crippen molar-refractivity contribution in [3.05, 3.63) is 56.6 Å². The van der Waals surface area contributed by atoms with Crippen molar-refractivity contribution >= 4 is 57.5 Å². The van der Waals surface area contributed by atoms with E-state index in [1.165, 1.54) is 23.1 Å². The number of amides is 1. The van der Waals surface area contributed by atoms with E-state index in [1.54, 1.807) is 12.0 Å². The monoisotopic (exact) mass is 378 g/mol. The van der Waals surface area contributed by atoms with Gasteiger partial charge in [-0.3, -0.25) is 9.69 Å². The highest BCUT2D eigenvalue weighted by atomic mass is 35.5. The number of aliphatic imine (C=N–C) groups is 1. The van der Waals surface area contributed by atoms with Crippen LogP contribution in [-0.4, -0.2) is 36.2 Å². The van der Waals surface area contributed by atoms with Crippen LogP contribution < -0.4 is 0 Å². The quantitative estimate of drug-likeness (QED) is 0.711. The van der Waals surface area contributed by atoms with E-state index in [0.29, 0.717) is 27.6 Å². The minimum atomic E-state index is -0.0590. The van der Waals surface area contributed by atoms with Crippen molar-refractivity contribution in [3.63, 3.8) is 0 Å². The molecule has 2 heterocycles. The Labute approximate surface area is 153 Å². The van der Waals surface area contributed by atoms with Crippen molar-refractivity contribution in [2.45, 2.75) is 0 Å². The number of methoxy groups -OCH3 is 1. The molecule has 0 atom stereocenters. The largest absolute Gasteiger partial charge is 0.383 e. The van der Waals surface area contributed by atoms with Gasteiger partial charge in [-0.05, 0) is 42.1 Å². The fourth-order valence-corrected chi connectivity index (χ4v) is 4.21. The van der Waals surface area contributed by atoms with Gasteiger partial charge in [0.15, 0.2) is 5.17 Å². The zero-order valence-corrected chi connectivity index (χ0v) is 15.3. The van der Waals surface area contributed by atoms with E-state index in [0.717, 1.165) is 10.6 Å². The van der Waals surface area contributed by atoms with Crippen LogP contribution in [0, 0.1) is 0 Å². The Balaban J connectivity index is 1.90. The first-order valence-electron chi connectivity index (χ1n) is 7.27. The number of amidine groups is 1. The molecule has 0 N–H and O–H groups in total. The highest BCUT2D eigenvalue weighted by Gasteiger charge is 2.33. The molecule has 7 heteroatoms. The van der Waals surface area contributed by atoms with Gasteiger partial charge in [-0.2, -0.15) is 0 Å². The Morgan fingerprint density at radius 1 is 1.25 bits per heavy atom. The van der Waals surface area contributed by atoms with Crippen LogP contribution in [0.15, 0.2) is 52.4 Å². The predicted octanol–water partition coefficient (Wildman–Crippen LogP) is 4.65. The van der Waals surface area contributed by atoms with E-state index in [2.05, 4.69) is 4.99 Å². The van der Waals surface area contributed by atoms with E-state index in [9.17, 15) is 4.79 Å². The maximum absolute atomic E-state index is 12.7. The van der Waals surface area contributed by atoms with Crippen LogP contribution in [0.2, 0.25) is 4.34 Å². The molecule has 0 unspecified atom stereocenters. The van der Waals surface area contributed by atoms with Crippen molar-refractivity contribution in [1.82, 2.24) is 4.90 Å². The summed E-state index contributed by atoms with van der Waals surface area (Å²) in [6, 6.07) is 13.3. The Morgan fingerprint density at radius 2 is 2.04 bits per heavy atom. The third kappa shape index (κ3) is 4.08. The molecule has 0 aliphatic carbocycles. The van der Waals surface area contributed by atoms with Gasteiger partial charge in [-0.1, -0.05) is 29.8 Å². The molecule has 0 radical (unpaired) electrons. The van der Waals surface area contributed by atoms with Crippen molar-refractivity contribution in [2.75, 3.05) is 20.3 Å². The smallest absolute Gasteiger partial charge is 0.266 e. The SMILES string of the molecule is COCCN1C(=O)/C(=C\c2ccc(Cl)s2)SC1=Nc1ccccc1. The molecule has 1 saturated heterocycles. The number of thiophene rings is 1. The minimum absolute atomic E-state index is 0.0590. The van der Waals surface area contributed by atoms with Crippen LogP contribution in [0.25, 0.3) is 6.08 Å². The average Bonchev–Trinajstić information content (AvgIpc) is 3.11. The molecule has 2 aromatic rings. The Bertz CT molecular complexity index is 787. The van der Waals surface area contributed by atoms with Crippen LogP contribution >= 0.6 is 34.7 Å². The second-order valence-corrected chi connectivity index (χ2v) is 7.69. The van der Waals surface area contributed by atoms with Gasteiger partial charge < -0.3 is 4.74 Å². The van der Waals surface area contributed by atoms with Crippen LogP contribution in [-0.2, 0) is 9.53 Å². The molecule has 0 bridgehead atoms. The highest BCUT2D eigenvalue weighted by molar-refractivity contribution is 8.18. The third-order valence-electron chi connectivity index (χ3n) is 3.26. The van der Waals surface area contributed by atoms with Gasteiger partial charge in [0.25, 0.3) is 5.91 Å². The lowest BCUT2D eigenvalue weighted by atomic mass is 10.3. The highest BCUT2D eigenvalue weighted by Crippen LogP contribution is 2.35. The number of rotatable bonds is 5. The van der Waals surface area contributed by atoms with Gasteiger partial charge in [0.1, 0.15) is 0 Å². The van der Waals surface area contributed by atoms with Gasteiger partial charge in [0.05, 0.1) is 28.1 Å². The molecule has 4 nitrogen and oxygen atoms in total. The standard InChI is InChI=1S/C17H15ClN2O2S2/c1-22-10-9-20-16(21)14(11-13-7-8-15(18)23-13)24-17(20)19-12-5-3-2-4-6-12/h2-8,11H,9-10H2,1H3/b14-11+,19-17?. The van der Waals surface area contributed by atoms with Crippen LogP contribution in [0.4, 0.5) is 5.69 Å². The lowest BCUT2D eigenvalue weighted by Crippen LogP contribution is -2.32. The van der Waals surface area contributed by atoms with Crippen LogP contribution in [0.1, 0.15) is 4.88 Å². The van der Waals surface area contributed by atoms with Crippen molar-refractivity contribution in [2.24, 2.45) is 4.99 Å². The van der Waals surface area contributed by atoms with Crippen LogP contribution in [0.3, 0.4) is 0 Å². The van der Waals surface area contributed by atoms with Gasteiger partial charge in [0.2, 0.25) is 0 Å². The minimum Gasteiger partial charge on any atom is -0.383 e. The summed E-state index contributed by atoms with van der Waals surface area (Å²) in [6.07, 6.45) is 1.86. The van der Waals surface area contributed by atoms with Crippen molar-refractivity contribution in [1.29, 1.82) is 0 Å². The van der Waals surface area contributed by atoms with Crippen LogP contribution in [0.5, 0.6) is 0 Å². The summed E-state index contributed by atoms with van der Waals surface area (Å²) in [5, 5.41) is 0.664. The van der Waals surface area contributed by atoms with Crippen molar-refractivity contribution < 1.29 is 9.53 Å². The molecule has 0 spiro atoms. The zero-order valence-electron chi connectivity index (χ0n) is 12.9. The fourth-order valence-electron chi connectivity index (χ4n) is 2.12. The van der Waals surface area contributed by atoms with Gasteiger partial charge in [0, 0.05) is 12.0 Å². The first kappa shape index (κ1) is 17.2. The van der Waals surface area contributed by atoms with E-state index in [4.69, 9.17) is 16.3 Å². The summed E-state index contributed by atoms with van der Waals surface area (Å²) in [4.78, 5) is 20.5. The maximum Gasteiger partial charge on any atom is 0.266 e. The predicted molar refractivity (Wildman–Crippen MR) is 102 cm³/mol. The van der Waals surface area contributed by atoms with Gasteiger partial charge in [-0.15, -0.1) is 11.3 Å². The summed E-state index contributed by atoms with van der Waals surface area (Å²) in [5.41, 5.74) is 0.815. The lowest BCUT2D eigenvalue weighted by molar-refractivity contribution is -0.122. The number of nitrogens with zero attached hydrogens (tertiary/aromatic N) is 2. The number of carbonyl (C=O) groups is 1. The first-order chi connectivity index (χ1) is 11.7. The maximum atomic E-state index is 12.7. The Hall–Kier alpha value is -1.60. The number of carbonyl (C=O) groups excluding carboxylic acids is 1. The fraction of sp³-hybridized carbons (Fsp3) is 0.176. The first-order valence-corrected chi connectivity index (χ1v) is 9.28. The molecule has 124 valence electrons. The van der Waals surface area contributed by atoms with E-state index < -0.39 is 0 Å². The molecule has 1 aliphatic rings. The number of hydrogen-bond donors (Lipinski definition) is 0. The van der Waals surface area contributed by atoms with Gasteiger partial charge in [-0.25, -0.2) is 4.99 Å². The summed E-state index contributed by atoms with van der Waals surface area (Å²) < 4.78 is 5.82. The number of benzene rings is 1. The van der Waals surface area contributed by atoms with E-state index in [-0.39, 0.29) is 5.91 Å². The third-order valence-corrected chi connectivity index (χ3v) is 5.44. The van der Waals surface area contributed by atoms with Gasteiger partial charge >= 0.3 is 0 Å². The molecule has 1 aromatic carbocycles. The molecule has 3 rings (SSSR count). The average molecular weight is 379 g/mol. The molecule has 1 aromatic heterocycles. The summed E-state index contributed by atoms with van der Waals surface area (Å²) >= 11 is 8.78. The summed E-state index contributed by atoms with van der Waals surface area (Å²) in [7, 11) is 1.62. The normalized spacial score (nSPS) is 18.1. The lowest BCUT2D eigenvalue weighted by Gasteiger charge is -2.14. The summed E-state index contributed by atoms with van der Waals surface area (Å²) in [5.74, 6) is -0.0590. The Morgan fingerprint density at radius 3 is 2.71 bits per heavy atom.